The van der Waals surface area contributed by atoms with Crippen molar-refractivity contribution in [3.8, 4) is 5.75 Å². The first-order valence-corrected chi connectivity index (χ1v) is 13.7. The number of aromatic nitrogens is 2. The predicted octanol–water partition coefficient (Wildman–Crippen LogP) is 3.02. The third-order valence-corrected chi connectivity index (χ3v) is 8.27. The van der Waals surface area contributed by atoms with Crippen LogP contribution in [0.25, 0.3) is 5.57 Å². The van der Waals surface area contributed by atoms with Crippen LogP contribution in [0, 0.1) is 5.82 Å². The number of halogens is 1. The van der Waals surface area contributed by atoms with E-state index in [1.807, 2.05) is 18.6 Å². The molecule has 194 valence electrons. The molecule has 2 aliphatic rings. The Morgan fingerprint density at radius 3 is 2.67 bits per heavy atom. The first kappa shape index (κ1) is 25.9. The monoisotopic (exact) mass is 518 g/mol. The Labute approximate surface area is 210 Å². The Morgan fingerprint density at radius 2 is 2.06 bits per heavy atom. The Balaban J connectivity index is 1.71. The lowest BCUT2D eigenvalue weighted by atomic mass is 9.79. The number of carbonyl (C=O) groups is 2. The Bertz CT molecular complexity index is 1320. The van der Waals surface area contributed by atoms with Gasteiger partial charge in [-0.3, -0.25) is 14.3 Å². The molecule has 1 aromatic carbocycles. The van der Waals surface area contributed by atoms with Crippen LogP contribution < -0.4 is 14.8 Å². The van der Waals surface area contributed by atoms with Crippen LogP contribution in [-0.2, 0) is 31.7 Å². The first-order chi connectivity index (χ1) is 17.1. The highest BCUT2D eigenvalue weighted by molar-refractivity contribution is 7.91. The minimum absolute atomic E-state index is 0.0264. The van der Waals surface area contributed by atoms with Crippen LogP contribution >= 0.6 is 0 Å². The van der Waals surface area contributed by atoms with Crippen LogP contribution in [0.5, 0.6) is 5.75 Å². The number of rotatable bonds is 10. The molecule has 2 heterocycles. The van der Waals surface area contributed by atoms with Gasteiger partial charge < -0.3 is 10.1 Å². The van der Waals surface area contributed by atoms with Gasteiger partial charge in [-0.15, -0.1) is 0 Å². The van der Waals surface area contributed by atoms with Gasteiger partial charge in [0, 0.05) is 36.4 Å². The molecule has 4 rings (SSSR count). The van der Waals surface area contributed by atoms with Crippen molar-refractivity contribution in [1.29, 1.82) is 0 Å². The first-order valence-electron chi connectivity index (χ1n) is 12.2. The molecule has 1 atom stereocenters. The van der Waals surface area contributed by atoms with Gasteiger partial charge in [-0.05, 0) is 45.2 Å². The molecule has 1 saturated carbocycles. The summed E-state index contributed by atoms with van der Waals surface area (Å²) >= 11 is 0. The summed E-state index contributed by atoms with van der Waals surface area (Å²) in [6.45, 7) is 6.61. The summed E-state index contributed by atoms with van der Waals surface area (Å²) in [5, 5.41) is 6.54. The average molecular weight is 519 g/mol. The van der Waals surface area contributed by atoms with Crippen molar-refractivity contribution in [1.82, 2.24) is 19.8 Å². The lowest BCUT2D eigenvalue weighted by Crippen LogP contribution is -2.51. The fraction of sp³-hybridized carbons (Fsp3) is 0.480. The smallest absolute Gasteiger partial charge is 0.270 e. The molecule has 2 N–H and O–H groups in total. The van der Waals surface area contributed by atoms with E-state index >= 15 is 4.39 Å². The number of amides is 2. The fourth-order valence-electron chi connectivity index (χ4n) is 4.27. The molecule has 1 aliphatic carbocycles. The predicted molar refractivity (Wildman–Crippen MR) is 132 cm³/mol. The number of ether oxygens (including phenoxy) is 1. The number of nitrogens with one attached hydrogen (secondary N) is 2. The molecule has 0 unspecified atom stereocenters. The van der Waals surface area contributed by atoms with Crippen LogP contribution in [0.15, 0.2) is 36.0 Å². The van der Waals surface area contributed by atoms with E-state index in [9.17, 15) is 18.0 Å². The van der Waals surface area contributed by atoms with E-state index in [4.69, 9.17) is 4.74 Å². The molecular formula is C25H31FN4O5S. The maximum absolute atomic E-state index is 15.3. The van der Waals surface area contributed by atoms with Crippen LogP contribution in [0.1, 0.15) is 64.1 Å². The standard InChI is InChI=1S/C25H31FN4O5S/c1-4-6-13-35-16-7-10-19(20(26)14-16)25(3)15-18(21-11-12-30(5-2)28-21)22(23(31)27-25)24(32)29-36(33,34)17-8-9-17/h7,10-12,14,17H,4-6,8-9,13,15H2,1-3H3,(H,27,31)(H,29,32)/t25-/m0/s1. The third kappa shape index (κ3) is 5.30. The van der Waals surface area contributed by atoms with E-state index < -0.39 is 38.4 Å². The highest BCUT2D eigenvalue weighted by atomic mass is 32.2. The highest BCUT2D eigenvalue weighted by Gasteiger charge is 2.44. The molecule has 36 heavy (non-hydrogen) atoms. The molecule has 9 nitrogen and oxygen atoms in total. The fourth-order valence-corrected chi connectivity index (χ4v) is 5.55. The molecule has 0 radical (unpaired) electrons. The van der Waals surface area contributed by atoms with Gasteiger partial charge in [0.15, 0.2) is 0 Å². The van der Waals surface area contributed by atoms with E-state index in [0.29, 0.717) is 37.4 Å². The maximum Gasteiger partial charge on any atom is 0.270 e. The molecule has 1 fully saturated rings. The van der Waals surface area contributed by atoms with Crippen LogP contribution in [0.2, 0.25) is 0 Å². The summed E-state index contributed by atoms with van der Waals surface area (Å²) in [5.41, 5.74) is -0.728. The largest absolute Gasteiger partial charge is 0.493 e. The second kappa shape index (κ2) is 10.0. The summed E-state index contributed by atoms with van der Waals surface area (Å²) in [6.07, 6.45) is 4.46. The molecule has 1 aromatic heterocycles. The zero-order chi connectivity index (χ0) is 26.1. The molecule has 1 aliphatic heterocycles. The zero-order valence-corrected chi connectivity index (χ0v) is 21.5. The average Bonchev–Trinajstić information content (AvgIpc) is 3.57. The number of unbranched alkanes of at least 4 members (excludes halogenated alkanes) is 1. The second-order valence-corrected chi connectivity index (χ2v) is 11.4. The lowest BCUT2D eigenvalue weighted by Gasteiger charge is -2.37. The SMILES string of the molecule is CCCCOc1ccc([C@]2(C)CC(c3ccn(CC)n3)=C(C(=O)NS(=O)(=O)C3CC3)C(=O)N2)c(F)c1. The van der Waals surface area contributed by atoms with E-state index in [0.717, 1.165) is 12.8 Å². The Kier molecular flexibility index (Phi) is 7.21. The van der Waals surface area contributed by atoms with Crippen molar-refractivity contribution >= 4 is 27.4 Å². The van der Waals surface area contributed by atoms with Crippen molar-refractivity contribution in [2.45, 2.75) is 70.2 Å². The van der Waals surface area contributed by atoms with Gasteiger partial charge in [0.25, 0.3) is 11.8 Å². The van der Waals surface area contributed by atoms with Crippen LogP contribution in [-0.4, -0.2) is 41.9 Å². The van der Waals surface area contributed by atoms with Gasteiger partial charge in [-0.2, -0.15) is 5.10 Å². The van der Waals surface area contributed by atoms with Crippen molar-refractivity contribution in [3.05, 3.63) is 53.1 Å². The number of hydrogen-bond donors (Lipinski definition) is 2. The quantitative estimate of drug-likeness (QED) is 0.369. The van der Waals surface area contributed by atoms with Crippen molar-refractivity contribution in [2.75, 3.05) is 6.61 Å². The van der Waals surface area contributed by atoms with E-state index in [2.05, 4.69) is 10.4 Å². The minimum atomic E-state index is -3.88. The number of aryl methyl sites for hydroxylation is 1. The summed E-state index contributed by atoms with van der Waals surface area (Å²) in [5.74, 6) is -1.98. The summed E-state index contributed by atoms with van der Waals surface area (Å²) in [7, 11) is -3.88. The molecular weight excluding hydrogens is 487 g/mol. The maximum atomic E-state index is 15.3. The number of sulfonamides is 1. The number of carbonyl (C=O) groups excluding carboxylic acids is 2. The van der Waals surface area contributed by atoms with Gasteiger partial charge in [0.1, 0.15) is 17.1 Å². The van der Waals surface area contributed by atoms with Gasteiger partial charge in [-0.25, -0.2) is 17.5 Å². The number of benzene rings is 1. The molecule has 0 saturated heterocycles. The van der Waals surface area contributed by atoms with E-state index in [1.54, 1.807) is 36.0 Å². The molecule has 2 aromatic rings. The van der Waals surface area contributed by atoms with Crippen molar-refractivity contribution < 1.29 is 27.1 Å². The Hall–Kier alpha value is -3.21. The molecule has 2 amide bonds. The molecule has 0 spiro atoms. The molecule has 11 heteroatoms. The third-order valence-electron chi connectivity index (χ3n) is 6.45. The van der Waals surface area contributed by atoms with Crippen LogP contribution in [0.3, 0.4) is 0 Å². The van der Waals surface area contributed by atoms with E-state index in [-0.39, 0.29) is 23.1 Å². The minimum Gasteiger partial charge on any atom is -0.493 e. The number of nitrogens with zero attached hydrogens (tertiary/aromatic N) is 2. The van der Waals surface area contributed by atoms with Gasteiger partial charge in [0.2, 0.25) is 10.0 Å². The van der Waals surface area contributed by atoms with Gasteiger partial charge >= 0.3 is 0 Å². The van der Waals surface area contributed by atoms with Crippen molar-refractivity contribution in [2.24, 2.45) is 0 Å². The van der Waals surface area contributed by atoms with Gasteiger partial charge in [0.05, 0.1) is 23.1 Å². The summed E-state index contributed by atoms with van der Waals surface area (Å²) in [4.78, 5) is 26.4. The topological polar surface area (TPSA) is 119 Å². The normalized spacial score (nSPS) is 20.3. The van der Waals surface area contributed by atoms with Crippen molar-refractivity contribution in [3.63, 3.8) is 0 Å². The van der Waals surface area contributed by atoms with E-state index in [1.165, 1.54) is 6.07 Å². The van der Waals surface area contributed by atoms with Gasteiger partial charge in [-0.1, -0.05) is 19.4 Å². The summed E-state index contributed by atoms with van der Waals surface area (Å²) < 4.78 is 49.3. The van der Waals surface area contributed by atoms with Crippen LogP contribution in [0.4, 0.5) is 4.39 Å². The Morgan fingerprint density at radius 1 is 1.31 bits per heavy atom. The zero-order valence-electron chi connectivity index (χ0n) is 20.6. The number of hydrogen-bond acceptors (Lipinski definition) is 6. The summed E-state index contributed by atoms with van der Waals surface area (Å²) in [6, 6.07) is 6.14. The second-order valence-electron chi connectivity index (χ2n) is 9.39. The highest BCUT2D eigenvalue weighted by Crippen LogP contribution is 2.40. The lowest BCUT2D eigenvalue weighted by molar-refractivity contribution is -0.124. The molecule has 0 bridgehead atoms.